The van der Waals surface area contributed by atoms with E-state index in [1.54, 1.807) is 6.20 Å². The van der Waals surface area contributed by atoms with Gasteiger partial charge in [0.15, 0.2) is 11.5 Å². The van der Waals surface area contributed by atoms with Crippen molar-refractivity contribution in [3.05, 3.63) is 66.5 Å². The third-order valence-corrected chi connectivity index (χ3v) is 6.90. The van der Waals surface area contributed by atoms with Gasteiger partial charge >= 0.3 is 0 Å². The van der Waals surface area contributed by atoms with Crippen molar-refractivity contribution in [1.82, 2.24) is 49.5 Å². The lowest BCUT2D eigenvalue weighted by molar-refractivity contribution is 0.488. The number of hydrogen-bond donors (Lipinski definition) is 1. The third-order valence-electron chi connectivity index (χ3n) is 6.90. The molecule has 1 aliphatic rings. The quantitative estimate of drug-likeness (QED) is 0.373. The summed E-state index contributed by atoms with van der Waals surface area (Å²) in [5.74, 6) is 2.28. The molecule has 0 aliphatic carbocycles. The van der Waals surface area contributed by atoms with Crippen LogP contribution in [0.4, 0.5) is 17.3 Å². The van der Waals surface area contributed by atoms with Crippen LogP contribution in [0.2, 0.25) is 0 Å². The first-order valence-corrected chi connectivity index (χ1v) is 12.4. The second kappa shape index (κ2) is 9.52. The fourth-order valence-electron chi connectivity index (χ4n) is 4.70. The second-order valence-corrected chi connectivity index (χ2v) is 9.60. The summed E-state index contributed by atoms with van der Waals surface area (Å²) in [4.78, 5) is 25.3. The first-order valence-electron chi connectivity index (χ1n) is 12.4. The average Bonchev–Trinajstić information content (AvgIpc) is 3.61. The van der Waals surface area contributed by atoms with Crippen LogP contribution in [-0.2, 0) is 0 Å². The van der Waals surface area contributed by atoms with Crippen LogP contribution >= 0.6 is 0 Å². The fraction of sp³-hybridized carbons (Fsp3) is 0.360. The molecular weight excluding hydrogens is 468 g/mol. The molecule has 1 fully saturated rings. The number of aryl methyl sites for hydroxylation is 1. The van der Waals surface area contributed by atoms with Crippen LogP contribution in [0.1, 0.15) is 55.5 Å². The van der Waals surface area contributed by atoms with E-state index in [0.29, 0.717) is 17.7 Å². The zero-order valence-corrected chi connectivity index (χ0v) is 21.0. The Bertz CT molecular complexity index is 1500. The molecule has 0 amide bonds. The minimum absolute atomic E-state index is 0.386. The van der Waals surface area contributed by atoms with Gasteiger partial charge in [-0.1, -0.05) is 13.8 Å². The van der Waals surface area contributed by atoms with Crippen LogP contribution in [0.5, 0.6) is 0 Å². The SMILES string of the molecule is Cc1nc(-n2cnnn2)ccc1Nc1cncn2c(C3CCN(c4ncc(C(C)C)cn4)CC3)cnc12. The maximum Gasteiger partial charge on any atom is 0.225 e. The summed E-state index contributed by atoms with van der Waals surface area (Å²) in [5.41, 5.74) is 5.68. The summed E-state index contributed by atoms with van der Waals surface area (Å²) in [6, 6.07) is 3.82. The number of anilines is 3. The molecule has 1 aliphatic heterocycles. The molecule has 1 saturated heterocycles. The lowest BCUT2D eigenvalue weighted by atomic mass is 9.94. The first-order chi connectivity index (χ1) is 18.1. The molecule has 1 N–H and O–H groups in total. The van der Waals surface area contributed by atoms with Crippen LogP contribution in [-0.4, -0.2) is 62.6 Å². The monoisotopic (exact) mass is 496 g/mol. The normalized spacial score (nSPS) is 14.5. The molecule has 5 aromatic rings. The zero-order valence-electron chi connectivity index (χ0n) is 21.0. The van der Waals surface area contributed by atoms with Crippen molar-refractivity contribution in [2.75, 3.05) is 23.3 Å². The molecule has 5 aromatic heterocycles. The molecule has 0 unspecified atom stereocenters. The van der Waals surface area contributed by atoms with E-state index in [0.717, 1.165) is 60.2 Å². The van der Waals surface area contributed by atoms with Crippen molar-refractivity contribution >= 4 is 23.0 Å². The summed E-state index contributed by atoms with van der Waals surface area (Å²) < 4.78 is 3.62. The summed E-state index contributed by atoms with van der Waals surface area (Å²) in [6.45, 7) is 8.06. The number of imidazole rings is 1. The number of rotatable bonds is 6. The third kappa shape index (κ3) is 4.46. The molecule has 0 radical (unpaired) electrons. The number of nitrogens with one attached hydrogen (secondary N) is 1. The van der Waals surface area contributed by atoms with Gasteiger partial charge in [0, 0.05) is 43.3 Å². The van der Waals surface area contributed by atoms with Gasteiger partial charge in [-0.05, 0) is 53.8 Å². The maximum atomic E-state index is 4.75. The van der Waals surface area contributed by atoms with E-state index in [1.165, 1.54) is 16.7 Å². The van der Waals surface area contributed by atoms with Gasteiger partial charge < -0.3 is 10.2 Å². The Morgan fingerprint density at radius 2 is 1.76 bits per heavy atom. The Labute approximate surface area is 213 Å². The smallest absolute Gasteiger partial charge is 0.225 e. The number of hydrogen-bond acceptors (Lipinski definition) is 10. The number of pyridine rings is 1. The number of nitrogens with zero attached hydrogens (tertiary/aromatic N) is 11. The molecule has 0 aromatic carbocycles. The fourth-order valence-corrected chi connectivity index (χ4v) is 4.70. The highest BCUT2D eigenvalue weighted by Crippen LogP contribution is 2.32. The van der Waals surface area contributed by atoms with Crippen molar-refractivity contribution in [1.29, 1.82) is 0 Å². The van der Waals surface area contributed by atoms with Crippen LogP contribution in [0, 0.1) is 6.92 Å². The topological polar surface area (TPSA) is 128 Å². The molecule has 0 saturated carbocycles. The van der Waals surface area contributed by atoms with Gasteiger partial charge in [0.1, 0.15) is 18.3 Å². The molecule has 12 heteroatoms. The minimum Gasteiger partial charge on any atom is -0.350 e. The maximum absolute atomic E-state index is 4.75. The van der Waals surface area contributed by atoms with Gasteiger partial charge in [-0.3, -0.25) is 4.40 Å². The lowest BCUT2D eigenvalue weighted by Gasteiger charge is -2.31. The van der Waals surface area contributed by atoms with E-state index in [2.05, 4.69) is 63.9 Å². The highest BCUT2D eigenvalue weighted by atomic mass is 15.5. The molecule has 0 spiro atoms. The van der Waals surface area contributed by atoms with Gasteiger partial charge in [-0.15, -0.1) is 5.10 Å². The van der Waals surface area contributed by atoms with Crippen LogP contribution in [0.25, 0.3) is 11.5 Å². The summed E-state index contributed by atoms with van der Waals surface area (Å²) in [7, 11) is 0. The molecular formula is C25H28N12. The van der Waals surface area contributed by atoms with E-state index in [9.17, 15) is 0 Å². The van der Waals surface area contributed by atoms with Gasteiger partial charge in [0.05, 0.1) is 17.6 Å². The second-order valence-electron chi connectivity index (χ2n) is 9.60. The van der Waals surface area contributed by atoms with Crippen molar-refractivity contribution < 1.29 is 0 Å². The Balaban J connectivity index is 1.18. The standard InChI is InChI=1S/C25H28N12/c1-16(2)19-10-28-25(29-11-19)35-8-6-18(7-9-35)22-13-27-24-21(12-26-14-36(22)24)32-20-4-5-23(31-17(20)3)37-15-30-33-34-37/h4-5,10-16,18,32H,6-9H2,1-3H3. The molecule has 37 heavy (non-hydrogen) atoms. The van der Waals surface area contributed by atoms with E-state index < -0.39 is 0 Å². The van der Waals surface area contributed by atoms with Gasteiger partial charge in [0.25, 0.3) is 0 Å². The Morgan fingerprint density at radius 1 is 0.946 bits per heavy atom. The van der Waals surface area contributed by atoms with E-state index >= 15 is 0 Å². The minimum atomic E-state index is 0.386. The molecule has 12 nitrogen and oxygen atoms in total. The Hall–Kier alpha value is -4.48. The Kier molecular flexibility index (Phi) is 5.91. The van der Waals surface area contributed by atoms with E-state index in [1.807, 2.05) is 44.0 Å². The van der Waals surface area contributed by atoms with Crippen LogP contribution in [0.15, 0.2) is 49.6 Å². The van der Waals surface area contributed by atoms with Crippen molar-refractivity contribution in [3.8, 4) is 5.82 Å². The molecule has 6 rings (SSSR count). The lowest BCUT2D eigenvalue weighted by Crippen LogP contribution is -2.34. The molecule has 188 valence electrons. The number of fused-ring (bicyclic) bond motifs is 1. The zero-order chi connectivity index (χ0) is 25.4. The van der Waals surface area contributed by atoms with Crippen molar-refractivity contribution in [3.63, 3.8) is 0 Å². The first kappa shape index (κ1) is 23.0. The van der Waals surface area contributed by atoms with Gasteiger partial charge in [-0.2, -0.15) is 4.68 Å². The van der Waals surface area contributed by atoms with Gasteiger partial charge in [-0.25, -0.2) is 24.9 Å². The average molecular weight is 497 g/mol. The predicted molar refractivity (Wildman–Crippen MR) is 138 cm³/mol. The molecule has 0 atom stereocenters. The largest absolute Gasteiger partial charge is 0.350 e. The van der Waals surface area contributed by atoms with Crippen molar-refractivity contribution in [2.24, 2.45) is 0 Å². The van der Waals surface area contributed by atoms with Crippen LogP contribution < -0.4 is 10.2 Å². The Morgan fingerprint density at radius 3 is 2.46 bits per heavy atom. The molecule has 6 heterocycles. The summed E-state index contributed by atoms with van der Waals surface area (Å²) >= 11 is 0. The number of tetrazole rings is 1. The predicted octanol–water partition coefficient (Wildman–Crippen LogP) is 3.45. The molecule has 0 bridgehead atoms. The highest BCUT2D eigenvalue weighted by molar-refractivity contribution is 5.74. The highest BCUT2D eigenvalue weighted by Gasteiger charge is 2.25. The van der Waals surface area contributed by atoms with E-state index in [-0.39, 0.29) is 0 Å². The van der Waals surface area contributed by atoms with Gasteiger partial charge in [0.2, 0.25) is 5.95 Å². The summed E-state index contributed by atoms with van der Waals surface area (Å²) in [5, 5.41) is 14.7. The van der Waals surface area contributed by atoms with Crippen molar-refractivity contribution in [2.45, 2.75) is 45.4 Å². The summed E-state index contributed by atoms with van der Waals surface area (Å²) in [6.07, 6.45) is 13.0. The number of piperidine rings is 1. The van der Waals surface area contributed by atoms with E-state index in [4.69, 9.17) is 4.98 Å². The number of aromatic nitrogens is 10. The van der Waals surface area contributed by atoms with Crippen LogP contribution in [0.3, 0.4) is 0 Å².